The van der Waals surface area contributed by atoms with Crippen LogP contribution < -0.4 is 5.32 Å². The number of fused-ring (bicyclic) bond motifs is 2. The average Bonchev–Trinajstić information content (AvgIpc) is 3.33. The average molecular weight is 438 g/mol. The lowest BCUT2D eigenvalue weighted by Crippen LogP contribution is -2.26. The maximum absolute atomic E-state index is 13.8. The van der Waals surface area contributed by atoms with Gasteiger partial charge in [-0.1, -0.05) is 18.5 Å². The molecule has 0 saturated heterocycles. The van der Waals surface area contributed by atoms with E-state index >= 15 is 0 Å². The third-order valence-electron chi connectivity index (χ3n) is 7.33. The molecule has 2 aliphatic carbocycles. The van der Waals surface area contributed by atoms with Crippen molar-refractivity contribution in [2.45, 2.75) is 38.5 Å². The van der Waals surface area contributed by atoms with Crippen LogP contribution in [0.1, 0.15) is 44.1 Å². The second-order valence-corrected chi connectivity index (χ2v) is 9.56. The molecule has 31 heavy (non-hydrogen) atoms. The number of halogens is 2. The number of pyridine rings is 2. The largest absolute Gasteiger partial charge is 0.310 e. The van der Waals surface area contributed by atoms with Gasteiger partial charge in [-0.05, 0) is 91.3 Å². The van der Waals surface area contributed by atoms with Crippen molar-refractivity contribution in [3.05, 3.63) is 65.2 Å². The van der Waals surface area contributed by atoms with E-state index in [0.29, 0.717) is 34.5 Å². The number of hydrogen-bond acceptors (Lipinski definition) is 3. The van der Waals surface area contributed by atoms with E-state index < -0.39 is 0 Å². The lowest BCUT2D eigenvalue weighted by atomic mass is 9.86. The van der Waals surface area contributed by atoms with Gasteiger partial charge in [0.05, 0.1) is 10.5 Å². The molecule has 2 fully saturated rings. The minimum absolute atomic E-state index is 0.0203. The molecule has 5 atom stereocenters. The van der Waals surface area contributed by atoms with Crippen LogP contribution in [0.4, 0.5) is 10.2 Å². The second kappa shape index (κ2) is 8.19. The first-order valence-electron chi connectivity index (χ1n) is 10.9. The summed E-state index contributed by atoms with van der Waals surface area (Å²) in [5.74, 6) is 2.35. The number of aromatic nitrogens is 2. The van der Waals surface area contributed by atoms with Crippen molar-refractivity contribution >= 4 is 34.2 Å². The minimum atomic E-state index is -0.213. The van der Waals surface area contributed by atoms with Gasteiger partial charge in [-0.15, -0.1) is 0 Å². The zero-order chi connectivity index (χ0) is 21.5. The Balaban J connectivity index is 1.24. The van der Waals surface area contributed by atoms with Crippen LogP contribution in [-0.4, -0.2) is 15.9 Å². The van der Waals surface area contributed by atoms with Crippen LogP contribution in [-0.2, 0) is 4.79 Å². The van der Waals surface area contributed by atoms with Crippen LogP contribution in [0.25, 0.3) is 10.9 Å². The Morgan fingerprint density at radius 2 is 1.87 bits per heavy atom. The van der Waals surface area contributed by atoms with E-state index in [1.807, 2.05) is 13.1 Å². The normalized spacial score (nSPS) is 26.0. The predicted octanol–water partition coefficient (Wildman–Crippen LogP) is 6.22. The van der Waals surface area contributed by atoms with Gasteiger partial charge >= 0.3 is 0 Å². The lowest BCUT2D eigenvalue weighted by molar-refractivity contribution is -0.120. The van der Waals surface area contributed by atoms with Crippen LogP contribution in [0, 0.1) is 29.5 Å². The monoisotopic (exact) mass is 437 g/mol. The molecule has 0 spiro atoms. The summed E-state index contributed by atoms with van der Waals surface area (Å²) in [6.45, 7) is 2.02. The third-order valence-corrected chi connectivity index (χ3v) is 7.55. The predicted molar refractivity (Wildman–Crippen MR) is 120 cm³/mol. The first kappa shape index (κ1) is 20.4. The maximum atomic E-state index is 13.8. The summed E-state index contributed by atoms with van der Waals surface area (Å²) in [5, 5.41) is 4.41. The van der Waals surface area contributed by atoms with Gasteiger partial charge in [-0.3, -0.25) is 9.78 Å². The summed E-state index contributed by atoms with van der Waals surface area (Å²) in [4.78, 5) is 21.3. The van der Waals surface area contributed by atoms with Gasteiger partial charge < -0.3 is 5.32 Å². The number of amides is 1. The molecule has 2 aliphatic rings. The van der Waals surface area contributed by atoms with E-state index in [9.17, 15) is 9.18 Å². The highest BCUT2D eigenvalue weighted by Gasteiger charge is 2.44. The molecule has 4 nitrogen and oxygen atoms in total. The van der Waals surface area contributed by atoms with Gasteiger partial charge in [0, 0.05) is 23.7 Å². The molecule has 5 rings (SSSR count). The molecular formula is C25H25ClFN3O. The van der Waals surface area contributed by atoms with Gasteiger partial charge in [0.15, 0.2) is 0 Å². The van der Waals surface area contributed by atoms with Crippen molar-refractivity contribution in [2.75, 3.05) is 5.32 Å². The number of nitrogens with one attached hydrogen (secondary N) is 1. The molecule has 1 aromatic carbocycles. The van der Waals surface area contributed by atoms with Crippen molar-refractivity contribution < 1.29 is 9.18 Å². The Hall–Kier alpha value is -2.53. The summed E-state index contributed by atoms with van der Waals surface area (Å²) >= 11 is 5.87. The van der Waals surface area contributed by atoms with Crippen molar-refractivity contribution in [3.63, 3.8) is 0 Å². The number of anilines is 1. The Morgan fingerprint density at radius 3 is 2.58 bits per heavy atom. The molecule has 0 unspecified atom stereocenters. The van der Waals surface area contributed by atoms with Crippen molar-refractivity contribution in [1.82, 2.24) is 9.97 Å². The number of carbonyl (C=O) groups is 1. The van der Waals surface area contributed by atoms with E-state index in [2.05, 4.69) is 21.4 Å². The van der Waals surface area contributed by atoms with Crippen molar-refractivity contribution in [1.29, 1.82) is 0 Å². The maximum Gasteiger partial charge on any atom is 0.228 e. The lowest BCUT2D eigenvalue weighted by Gasteiger charge is -2.21. The van der Waals surface area contributed by atoms with Crippen LogP contribution in [0.2, 0.25) is 5.02 Å². The number of nitrogens with zero attached hydrogens (tertiary/aromatic N) is 2. The SMILES string of the molecule is C[C@@H](C(=O)Nc1ccc(Cl)cn1)[C@@H]1C[C@H]2C[C@@H](c3ccnc4ccc(F)cc34)C[C@H]2C1. The molecule has 6 heteroatoms. The van der Waals surface area contributed by atoms with E-state index in [0.717, 1.165) is 36.6 Å². The third kappa shape index (κ3) is 4.03. The first-order chi connectivity index (χ1) is 15.0. The highest BCUT2D eigenvalue weighted by Crippen LogP contribution is 2.54. The number of carbonyl (C=O) groups excluding carboxylic acids is 1. The van der Waals surface area contributed by atoms with Gasteiger partial charge in [0.1, 0.15) is 11.6 Å². The highest BCUT2D eigenvalue weighted by atomic mass is 35.5. The molecule has 2 aromatic heterocycles. The number of hydrogen-bond donors (Lipinski definition) is 1. The topological polar surface area (TPSA) is 54.9 Å². The zero-order valence-corrected chi connectivity index (χ0v) is 18.1. The molecule has 2 heterocycles. The Kier molecular flexibility index (Phi) is 5.39. The molecule has 0 radical (unpaired) electrons. The highest BCUT2D eigenvalue weighted by molar-refractivity contribution is 6.30. The summed E-state index contributed by atoms with van der Waals surface area (Å²) < 4.78 is 13.8. The molecule has 1 N–H and O–H groups in total. The fourth-order valence-electron chi connectivity index (χ4n) is 5.73. The molecule has 0 aliphatic heterocycles. The number of rotatable bonds is 4. The molecule has 0 bridgehead atoms. The molecular weight excluding hydrogens is 413 g/mol. The molecule has 160 valence electrons. The van der Waals surface area contributed by atoms with Gasteiger partial charge in [0.25, 0.3) is 0 Å². The Bertz CT molecular complexity index is 1110. The standard InChI is InChI=1S/C25H25ClFN3O/c1-14(25(31)30-24-5-2-19(26)13-29-24)15-8-16-10-18(11-17(16)9-15)21-6-7-28-23-4-3-20(27)12-22(21)23/h2-7,12-18H,8-11H2,1H3,(H,29,30,31)/t14-,15-,16+,17-,18-/m1/s1. The van der Waals surface area contributed by atoms with E-state index in [1.54, 1.807) is 24.3 Å². The molecule has 3 aromatic rings. The van der Waals surface area contributed by atoms with Crippen LogP contribution in [0.15, 0.2) is 48.8 Å². The van der Waals surface area contributed by atoms with Crippen LogP contribution in [0.3, 0.4) is 0 Å². The van der Waals surface area contributed by atoms with Gasteiger partial charge in [-0.25, -0.2) is 9.37 Å². The molecule has 2 saturated carbocycles. The van der Waals surface area contributed by atoms with Gasteiger partial charge in [-0.2, -0.15) is 0 Å². The summed E-state index contributed by atoms with van der Waals surface area (Å²) in [5.41, 5.74) is 2.07. The summed E-state index contributed by atoms with van der Waals surface area (Å²) in [7, 11) is 0. The van der Waals surface area contributed by atoms with E-state index in [4.69, 9.17) is 11.6 Å². The van der Waals surface area contributed by atoms with Crippen molar-refractivity contribution in [3.8, 4) is 0 Å². The number of benzene rings is 1. The second-order valence-electron chi connectivity index (χ2n) is 9.12. The minimum Gasteiger partial charge on any atom is -0.310 e. The fraction of sp³-hybridized carbons (Fsp3) is 0.400. The van der Waals surface area contributed by atoms with Crippen LogP contribution in [0.5, 0.6) is 0 Å². The Labute approximate surface area is 186 Å². The fourth-order valence-corrected chi connectivity index (χ4v) is 5.84. The van der Waals surface area contributed by atoms with Crippen molar-refractivity contribution in [2.24, 2.45) is 23.7 Å². The summed E-state index contributed by atoms with van der Waals surface area (Å²) in [6, 6.07) is 10.4. The van der Waals surface area contributed by atoms with E-state index in [-0.39, 0.29) is 17.6 Å². The quantitative estimate of drug-likeness (QED) is 0.527. The molecule has 1 amide bonds. The Morgan fingerprint density at radius 1 is 1.10 bits per heavy atom. The van der Waals surface area contributed by atoms with Gasteiger partial charge in [0.2, 0.25) is 5.91 Å². The smallest absolute Gasteiger partial charge is 0.228 e. The first-order valence-corrected chi connectivity index (χ1v) is 11.3. The zero-order valence-electron chi connectivity index (χ0n) is 17.4. The van der Waals surface area contributed by atoms with E-state index in [1.165, 1.54) is 17.8 Å². The van der Waals surface area contributed by atoms with Crippen LogP contribution >= 0.6 is 11.6 Å². The summed E-state index contributed by atoms with van der Waals surface area (Å²) in [6.07, 6.45) is 7.72.